The summed E-state index contributed by atoms with van der Waals surface area (Å²) in [6, 6.07) is -0.189. The molecular formula is C56H119N5O33. The van der Waals surface area contributed by atoms with E-state index in [9.17, 15) is 38.4 Å². The minimum absolute atomic E-state index is 0.00368. The summed E-state index contributed by atoms with van der Waals surface area (Å²) in [7, 11) is 27.1. The molecule has 0 fully saturated rings. The van der Waals surface area contributed by atoms with Crippen molar-refractivity contribution in [2.75, 3.05) is 319 Å². The number of alkyl carbamates (subject to hydrolysis) is 2. The van der Waals surface area contributed by atoms with Crippen LogP contribution in [0, 0.1) is 0 Å². The van der Waals surface area contributed by atoms with Crippen molar-refractivity contribution in [2.24, 2.45) is 0 Å². The van der Waals surface area contributed by atoms with Crippen LogP contribution < -0.4 is 26.6 Å². The monoisotopic (exact) mass is 1390 g/mol. The molecule has 0 aromatic rings. The molecule has 0 unspecified atom stereocenters. The number of urea groups is 1. The number of esters is 2. The summed E-state index contributed by atoms with van der Waals surface area (Å²) in [6.07, 6.45) is -1.51. The number of nitrogens with one attached hydrogen (secondary N) is 5. The van der Waals surface area contributed by atoms with E-state index < -0.39 is 24.5 Å². The molecule has 0 aromatic heterocycles. The van der Waals surface area contributed by atoms with Gasteiger partial charge in [0.25, 0.3) is 0 Å². The predicted octanol–water partition coefficient (Wildman–Crippen LogP) is 0.147. The van der Waals surface area contributed by atoms with Crippen LogP contribution in [0.3, 0.4) is 0 Å². The summed E-state index contributed by atoms with van der Waals surface area (Å²) in [4.78, 5) is 83.0. The van der Waals surface area contributed by atoms with Crippen molar-refractivity contribution in [1.82, 2.24) is 26.6 Å². The fourth-order valence-corrected chi connectivity index (χ4v) is 3.91. The van der Waals surface area contributed by atoms with E-state index in [4.69, 9.17) is 61.6 Å². The molecule has 566 valence electrons. The van der Waals surface area contributed by atoms with E-state index in [-0.39, 0.29) is 56.9 Å². The summed E-state index contributed by atoms with van der Waals surface area (Å²) in [5.74, 6) is -0.801. The van der Waals surface area contributed by atoms with Crippen molar-refractivity contribution in [3.8, 4) is 0 Å². The fraction of sp³-hybridized carbons (Fsp3) is 0.857. The largest absolute Gasteiger partial charge is 0.508 e. The van der Waals surface area contributed by atoms with Crippen LogP contribution >= 0.6 is 0 Å². The number of amides is 5. The third kappa shape index (κ3) is 131. The molecule has 0 heterocycles. The highest BCUT2D eigenvalue weighted by molar-refractivity contribution is 5.76. The van der Waals surface area contributed by atoms with Crippen molar-refractivity contribution < 1.29 is 157 Å². The fourth-order valence-electron chi connectivity index (χ4n) is 3.91. The molecule has 0 saturated carbocycles. The summed E-state index contributed by atoms with van der Waals surface area (Å²) in [6.45, 7) is 13.2. The second kappa shape index (κ2) is 106. The van der Waals surface area contributed by atoms with E-state index in [1.54, 1.807) is 71.0 Å². The zero-order valence-electron chi connectivity index (χ0n) is 59.2. The Labute approximate surface area is 556 Å². The zero-order valence-corrected chi connectivity index (χ0v) is 59.2. The molecule has 94 heavy (non-hydrogen) atoms. The van der Waals surface area contributed by atoms with Gasteiger partial charge in [-0.25, -0.2) is 33.6 Å². The number of carbonyl (C=O) groups is 8. The Balaban J connectivity index is -0.000000124. The summed E-state index contributed by atoms with van der Waals surface area (Å²) < 4.78 is 117. The van der Waals surface area contributed by atoms with Gasteiger partial charge in [-0.2, -0.15) is 0 Å². The standard InChI is InChI=1S/C8H18O4.C7H16N2O3.2C7H15NO4.C7H14O5.2C6H12O4.C4H9NO2.C4H8O3/c1-9-3-5-11-7-8-12-6-4-10-2;1-8-7(10)9-3-4-12-6-5-11-2;1-10-5-6-12-4-3-8-7(9)11-2;1-8-7(9)12-6-5-11-4-3-10-2;1-9-3-4-11-5-6-12-7(8)10-2;1-8-3-4-10-6(7)5-9-2;1-8-4-3-5-10-6(7)9-2;1-5-4(6)3-7-2;1-6-3-4(5)7-2/h3-8H2,1-2H3;3-6H2,1-2H3,(H2,8,9,10);2*3-6H2,1-2H3,(H,8,9);3-6H2,1-2H3;2*3-5H2,1-2H3;3H2,1-2H3,(H,5,6);3H2,1-2H3. The Morgan fingerprint density at radius 3 is 0.904 bits per heavy atom. The maximum Gasteiger partial charge on any atom is 0.508 e. The SMILES string of the molecule is CNC(=O)COC.CNC(=O)NCCOCCOC.CNC(=O)OCCOCCOC.COCC(=O)OC.COCCCOC(=O)OC.COCCOC(=O)COC.COCCOCCNC(=O)OC.COCCOCCOC(=O)OC.COCCOCCOCCOC. The third-order valence-corrected chi connectivity index (χ3v) is 8.44. The second-order valence-electron chi connectivity index (χ2n) is 15.7. The molecule has 0 rings (SSSR count). The smallest absolute Gasteiger partial charge is 0.467 e. The summed E-state index contributed by atoms with van der Waals surface area (Å²) >= 11 is 0. The first-order valence-electron chi connectivity index (χ1n) is 28.7. The lowest BCUT2D eigenvalue weighted by Crippen LogP contribution is -2.35. The topological polar surface area (TPSA) is 427 Å². The molecule has 5 N–H and O–H groups in total. The van der Waals surface area contributed by atoms with Crippen LogP contribution in [0.5, 0.6) is 0 Å². The highest BCUT2D eigenvalue weighted by Gasteiger charge is 2.02. The Hall–Kier alpha value is -5.92. The van der Waals surface area contributed by atoms with Crippen molar-refractivity contribution >= 4 is 48.4 Å². The van der Waals surface area contributed by atoms with Gasteiger partial charge in [0.15, 0.2) is 0 Å². The highest BCUT2D eigenvalue weighted by Crippen LogP contribution is 1.88. The molecule has 0 atom stereocenters. The minimum atomic E-state index is -0.689. The van der Waals surface area contributed by atoms with Gasteiger partial charge in [0.05, 0.1) is 161 Å². The molecule has 0 aliphatic carbocycles. The molecule has 0 saturated heterocycles. The van der Waals surface area contributed by atoms with Gasteiger partial charge in [-0.3, -0.25) is 4.79 Å². The molecule has 0 spiro atoms. The van der Waals surface area contributed by atoms with Crippen LogP contribution in [0.2, 0.25) is 0 Å². The zero-order chi connectivity index (χ0) is 73.0. The first kappa shape index (κ1) is 107. The van der Waals surface area contributed by atoms with Crippen molar-refractivity contribution in [3.63, 3.8) is 0 Å². The van der Waals surface area contributed by atoms with Gasteiger partial charge in [-0.15, -0.1) is 0 Å². The van der Waals surface area contributed by atoms with Crippen molar-refractivity contribution in [3.05, 3.63) is 0 Å². The molecule has 0 bridgehead atoms. The molecule has 0 aromatic carbocycles. The number of ether oxygens (including phenoxy) is 25. The maximum absolute atomic E-state index is 10.6. The van der Waals surface area contributed by atoms with Gasteiger partial charge < -0.3 is 145 Å². The molecular weight excluding hydrogens is 1270 g/mol. The number of hydrogen-bond donors (Lipinski definition) is 5. The first-order valence-corrected chi connectivity index (χ1v) is 28.7. The van der Waals surface area contributed by atoms with Crippen LogP contribution in [0.1, 0.15) is 6.42 Å². The van der Waals surface area contributed by atoms with E-state index >= 15 is 0 Å². The number of hydrogen-bond acceptors (Lipinski definition) is 33. The molecule has 38 nitrogen and oxygen atoms in total. The van der Waals surface area contributed by atoms with Gasteiger partial charge in [-0.05, 0) is 0 Å². The predicted molar refractivity (Wildman–Crippen MR) is 337 cm³/mol. The Bertz CT molecular complexity index is 1400. The number of rotatable bonds is 46. The van der Waals surface area contributed by atoms with Crippen LogP contribution in [0.25, 0.3) is 0 Å². The molecule has 0 radical (unpaired) electrons. The lowest BCUT2D eigenvalue weighted by Gasteiger charge is -2.04. The van der Waals surface area contributed by atoms with Crippen LogP contribution in [-0.4, -0.2) is 368 Å². The molecule has 0 aliphatic heterocycles. The number of methoxy groups -OCH3 is 15. The van der Waals surface area contributed by atoms with Gasteiger partial charge in [-0.1, -0.05) is 0 Å². The van der Waals surface area contributed by atoms with Crippen LogP contribution in [-0.2, 0) is 133 Å². The van der Waals surface area contributed by atoms with Crippen LogP contribution in [0.4, 0.5) is 24.0 Å². The molecule has 5 amide bonds. The average molecular weight is 1390 g/mol. The summed E-state index contributed by atoms with van der Waals surface area (Å²) in [5.41, 5.74) is 0. The minimum Gasteiger partial charge on any atom is -0.467 e. The van der Waals surface area contributed by atoms with Gasteiger partial charge >= 0.3 is 42.5 Å². The molecule has 0 aliphatic rings. The normalized spacial score (nSPS) is 9.38. The second-order valence-corrected chi connectivity index (χ2v) is 15.7. The Kier molecular flexibility index (Phi) is 120. The van der Waals surface area contributed by atoms with Gasteiger partial charge in [0.2, 0.25) is 5.91 Å². The van der Waals surface area contributed by atoms with E-state index in [0.717, 1.165) is 0 Å². The third-order valence-electron chi connectivity index (χ3n) is 8.44. The van der Waals surface area contributed by atoms with Gasteiger partial charge in [0.1, 0.15) is 39.6 Å². The van der Waals surface area contributed by atoms with E-state index in [1.165, 1.54) is 56.8 Å². The summed E-state index contributed by atoms with van der Waals surface area (Å²) in [5, 5.41) is 12.2. The first-order chi connectivity index (χ1) is 45.4. The van der Waals surface area contributed by atoms with Gasteiger partial charge in [0, 0.05) is 125 Å². The average Bonchev–Trinajstić information content (AvgIpc) is 3.59. The Morgan fingerprint density at radius 2 is 0.585 bits per heavy atom. The van der Waals surface area contributed by atoms with E-state index in [1.807, 2.05) is 0 Å². The lowest BCUT2D eigenvalue weighted by atomic mass is 10.5. The number of likely N-dealkylation sites (N-methyl/N-ethyl adjacent to an activating group) is 1. The quantitative estimate of drug-likeness (QED) is 0.0307. The molecule has 38 heteroatoms. The van der Waals surface area contributed by atoms with Crippen molar-refractivity contribution in [1.29, 1.82) is 0 Å². The number of carbonyl (C=O) groups excluding carboxylic acids is 8. The van der Waals surface area contributed by atoms with E-state index in [0.29, 0.717) is 165 Å². The maximum atomic E-state index is 10.6. The highest BCUT2D eigenvalue weighted by atomic mass is 16.7. The van der Waals surface area contributed by atoms with Crippen LogP contribution in [0.15, 0.2) is 0 Å². The van der Waals surface area contributed by atoms with E-state index in [2.05, 4.69) is 83.4 Å². The Morgan fingerprint density at radius 1 is 0.255 bits per heavy atom. The lowest BCUT2D eigenvalue weighted by molar-refractivity contribution is -0.149. The van der Waals surface area contributed by atoms with Crippen molar-refractivity contribution in [2.45, 2.75) is 6.42 Å².